The number of aromatic nitrogens is 2. The molecule has 5 heteroatoms. The largest absolute Gasteiger partial charge is 0.469 e. The van der Waals surface area contributed by atoms with Crippen LogP contribution in [0.15, 0.2) is 59.2 Å². The fraction of sp³-hybridized carbons (Fsp3) is 0.273. The molecular formula is C22H25N3O2. The van der Waals surface area contributed by atoms with Crippen LogP contribution < -0.4 is 5.32 Å². The van der Waals surface area contributed by atoms with Crippen LogP contribution in [0.1, 0.15) is 36.1 Å². The number of carbonyl (C=O) groups is 1. The number of hydrogen-bond acceptors (Lipinski definition) is 3. The lowest BCUT2D eigenvalue weighted by atomic mass is 10.1. The third-order valence-corrected chi connectivity index (χ3v) is 4.54. The number of nitrogens with zero attached hydrogens (tertiary/aromatic N) is 2. The molecule has 140 valence electrons. The zero-order chi connectivity index (χ0) is 19.2. The molecule has 0 aliphatic carbocycles. The van der Waals surface area contributed by atoms with E-state index in [2.05, 4.69) is 10.4 Å². The molecule has 5 nitrogen and oxygen atoms in total. The Kier molecular flexibility index (Phi) is 5.91. The molecule has 0 saturated heterocycles. The Hall–Kier alpha value is -3.08. The second-order valence-electron chi connectivity index (χ2n) is 6.69. The normalized spacial score (nSPS) is 12.4. The van der Waals surface area contributed by atoms with Gasteiger partial charge in [0.15, 0.2) is 0 Å². The molecule has 0 bridgehead atoms. The lowest BCUT2D eigenvalue weighted by molar-refractivity contribution is -0.117. The van der Waals surface area contributed by atoms with E-state index in [4.69, 9.17) is 4.42 Å². The maximum atomic E-state index is 12.2. The molecule has 1 unspecified atom stereocenters. The molecule has 0 spiro atoms. The number of para-hydroxylation sites is 1. The highest BCUT2D eigenvalue weighted by atomic mass is 16.3. The second-order valence-corrected chi connectivity index (χ2v) is 6.69. The van der Waals surface area contributed by atoms with Crippen LogP contribution in [0.25, 0.3) is 11.8 Å². The maximum absolute atomic E-state index is 12.2. The number of aryl methyl sites for hydroxylation is 2. The summed E-state index contributed by atoms with van der Waals surface area (Å²) < 4.78 is 7.23. The van der Waals surface area contributed by atoms with E-state index in [0.717, 1.165) is 41.2 Å². The first-order chi connectivity index (χ1) is 13.0. The molecule has 3 aromatic rings. The van der Waals surface area contributed by atoms with E-state index in [9.17, 15) is 4.79 Å². The van der Waals surface area contributed by atoms with Crippen LogP contribution in [0, 0.1) is 13.8 Å². The third kappa shape index (κ3) is 4.76. The number of carbonyl (C=O) groups excluding carboxylic acids is 1. The van der Waals surface area contributed by atoms with Crippen molar-refractivity contribution in [2.75, 3.05) is 0 Å². The predicted octanol–water partition coefficient (Wildman–Crippen LogP) is 4.23. The van der Waals surface area contributed by atoms with Gasteiger partial charge in [0.2, 0.25) is 5.91 Å². The van der Waals surface area contributed by atoms with Gasteiger partial charge >= 0.3 is 0 Å². The summed E-state index contributed by atoms with van der Waals surface area (Å²) in [6, 6.07) is 13.9. The van der Waals surface area contributed by atoms with Crippen molar-refractivity contribution in [3.8, 4) is 5.69 Å². The minimum atomic E-state index is -0.104. The van der Waals surface area contributed by atoms with E-state index in [-0.39, 0.29) is 11.9 Å². The molecule has 0 radical (unpaired) electrons. The molecule has 1 aromatic carbocycles. The van der Waals surface area contributed by atoms with Crippen LogP contribution in [0.3, 0.4) is 0 Å². The smallest absolute Gasteiger partial charge is 0.244 e. The van der Waals surface area contributed by atoms with Gasteiger partial charge in [-0.3, -0.25) is 4.79 Å². The summed E-state index contributed by atoms with van der Waals surface area (Å²) in [6.07, 6.45) is 6.72. The zero-order valence-corrected chi connectivity index (χ0v) is 16.0. The van der Waals surface area contributed by atoms with E-state index < -0.39 is 0 Å². The minimum absolute atomic E-state index is 0.0708. The predicted molar refractivity (Wildman–Crippen MR) is 107 cm³/mol. The van der Waals surface area contributed by atoms with Crippen molar-refractivity contribution < 1.29 is 9.21 Å². The van der Waals surface area contributed by atoms with Gasteiger partial charge in [-0.15, -0.1) is 0 Å². The molecule has 2 aromatic heterocycles. The summed E-state index contributed by atoms with van der Waals surface area (Å²) >= 11 is 0. The molecule has 2 heterocycles. The Bertz CT molecular complexity index is 909. The van der Waals surface area contributed by atoms with Crippen molar-refractivity contribution in [2.24, 2.45) is 0 Å². The lowest BCUT2D eigenvalue weighted by Gasteiger charge is -2.11. The number of benzene rings is 1. The van der Waals surface area contributed by atoms with E-state index >= 15 is 0 Å². The first kappa shape index (κ1) is 18.7. The molecule has 1 N–H and O–H groups in total. The van der Waals surface area contributed by atoms with E-state index in [1.807, 2.05) is 74.0 Å². The quantitative estimate of drug-likeness (QED) is 0.639. The van der Waals surface area contributed by atoms with Crippen LogP contribution in [-0.2, 0) is 11.2 Å². The molecule has 0 fully saturated rings. The summed E-state index contributed by atoms with van der Waals surface area (Å²) in [4.78, 5) is 12.2. The van der Waals surface area contributed by atoms with Crippen LogP contribution in [0.4, 0.5) is 0 Å². The second kappa shape index (κ2) is 8.54. The highest BCUT2D eigenvalue weighted by molar-refractivity contribution is 5.92. The third-order valence-electron chi connectivity index (χ3n) is 4.54. The number of amides is 1. The Labute approximate surface area is 159 Å². The average Bonchev–Trinajstić information content (AvgIpc) is 3.27. The Morgan fingerprint density at radius 2 is 2.00 bits per heavy atom. The SMILES string of the molecule is Cc1nn(-c2ccccc2)c(C)c1/C=C/C(=O)NC(C)CCc1ccco1. The summed E-state index contributed by atoms with van der Waals surface area (Å²) in [5, 5.41) is 7.60. The average molecular weight is 363 g/mol. The molecule has 1 amide bonds. The van der Waals surface area contributed by atoms with E-state index in [1.165, 1.54) is 0 Å². The maximum Gasteiger partial charge on any atom is 0.244 e. The fourth-order valence-corrected chi connectivity index (χ4v) is 3.05. The Morgan fingerprint density at radius 1 is 1.22 bits per heavy atom. The topological polar surface area (TPSA) is 60.1 Å². The van der Waals surface area contributed by atoms with Gasteiger partial charge < -0.3 is 9.73 Å². The van der Waals surface area contributed by atoms with Gasteiger partial charge in [-0.2, -0.15) is 5.10 Å². The standard InChI is InChI=1S/C22H25N3O2/c1-16(11-12-20-10-7-15-27-20)23-22(26)14-13-21-17(2)24-25(18(21)3)19-8-5-4-6-9-19/h4-10,13-16H,11-12H2,1-3H3,(H,23,26)/b14-13+. The molecule has 3 rings (SSSR count). The van der Waals surface area contributed by atoms with Crippen LogP contribution >= 0.6 is 0 Å². The van der Waals surface area contributed by atoms with Gasteiger partial charge in [-0.05, 0) is 57.5 Å². The first-order valence-electron chi connectivity index (χ1n) is 9.17. The van der Waals surface area contributed by atoms with Gasteiger partial charge in [0.1, 0.15) is 5.76 Å². The van der Waals surface area contributed by atoms with Crippen molar-refractivity contribution in [1.29, 1.82) is 0 Å². The molecule has 0 aliphatic heterocycles. The van der Waals surface area contributed by atoms with Crippen molar-refractivity contribution in [2.45, 2.75) is 39.7 Å². The number of hydrogen-bond donors (Lipinski definition) is 1. The summed E-state index contributed by atoms with van der Waals surface area (Å²) in [5.74, 6) is 0.833. The molecule has 0 aliphatic rings. The molecule has 1 atom stereocenters. The Morgan fingerprint density at radius 3 is 2.70 bits per heavy atom. The van der Waals surface area contributed by atoms with E-state index in [0.29, 0.717) is 0 Å². The Balaban J connectivity index is 1.62. The molecular weight excluding hydrogens is 338 g/mol. The number of rotatable bonds is 7. The van der Waals surface area contributed by atoms with E-state index in [1.54, 1.807) is 12.3 Å². The van der Waals surface area contributed by atoms with Crippen molar-refractivity contribution in [3.63, 3.8) is 0 Å². The molecule has 0 saturated carbocycles. The van der Waals surface area contributed by atoms with Crippen molar-refractivity contribution in [3.05, 3.63) is 77.5 Å². The van der Waals surface area contributed by atoms with Crippen LogP contribution in [0.5, 0.6) is 0 Å². The summed E-state index contributed by atoms with van der Waals surface area (Å²) in [5.41, 5.74) is 3.88. The van der Waals surface area contributed by atoms with Gasteiger partial charge in [-0.1, -0.05) is 18.2 Å². The summed E-state index contributed by atoms with van der Waals surface area (Å²) in [6.45, 7) is 5.96. The number of nitrogens with one attached hydrogen (secondary N) is 1. The zero-order valence-electron chi connectivity index (χ0n) is 16.0. The van der Waals surface area contributed by atoms with Crippen molar-refractivity contribution in [1.82, 2.24) is 15.1 Å². The van der Waals surface area contributed by atoms with Gasteiger partial charge in [0, 0.05) is 29.8 Å². The summed E-state index contributed by atoms with van der Waals surface area (Å²) in [7, 11) is 0. The highest BCUT2D eigenvalue weighted by Crippen LogP contribution is 2.19. The fourth-order valence-electron chi connectivity index (χ4n) is 3.05. The van der Waals surface area contributed by atoms with Gasteiger partial charge in [-0.25, -0.2) is 4.68 Å². The van der Waals surface area contributed by atoms with Crippen LogP contribution in [0.2, 0.25) is 0 Å². The number of furan rings is 1. The van der Waals surface area contributed by atoms with Crippen LogP contribution in [-0.4, -0.2) is 21.7 Å². The monoisotopic (exact) mass is 363 g/mol. The first-order valence-corrected chi connectivity index (χ1v) is 9.17. The highest BCUT2D eigenvalue weighted by Gasteiger charge is 2.11. The van der Waals surface area contributed by atoms with Crippen molar-refractivity contribution >= 4 is 12.0 Å². The van der Waals surface area contributed by atoms with Gasteiger partial charge in [0.25, 0.3) is 0 Å². The minimum Gasteiger partial charge on any atom is -0.469 e. The molecule has 27 heavy (non-hydrogen) atoms. The van der Waals surface area contributed by atoms with Gasteiger partial charge in [0.05, 0.1) is 17.6 Å². The lowest BCUT2D eigenvalue weighted by Crippen LogP contribution is -2.31.